The van der Waals surface area contributed by atoms with Gasteiger partial charge in [0.25, 0.3) is 0 Å². The molecule has 1 aromatic carbocycles. The first kappa shape index (κ1) is 12.6. The van der Waals surface area contributed by atoms with E-state index in [2.05, 4.69) is 38.1 Å². The lowest BCUT2D eigenvalue weighted by Gasteiger charge is -2.07. The highest BCUT2D eigenvalue weighted by Gasteiger charge is 2.02. The molecule has 0 aromatic heterocycles. The number of alkyl halides is 1. The van der Waals surface area contributed by atoms with E-state index in [0.717, 1.165) is 19.3 Å². The van der Waals surface area contributed by atoms with E-state index < -0.39 is 0 Å². The van der Waals surface area contributed by atoms with Crippen molar-refractivity contribution in [3.8, 4) is 0 Å². The molecule has 0 bridgehead atoms. The molecule has 0 saturated carbocycles. The predicted molar refractivity (Wildman–Crippen MR) is 68.7 cm³/mol. The Morgan fingerprint density at radius 2 is 1.80 bits per heavy atom. The first-order valence-corrected chi connectivity index (χ1v) is 6.35. The van der Waals surface area contributed by atoms with E-state index in [9.17, 15) is 0 Å². The lowest BCUT2D eigenvalue weighted by molar-refractivity contribution is 0.640. The quantitative estimate of drug-likeness (QED) is 0.613. The lowest BCUT2D eigenvalue weighted by atomic mass is 10.0. The molecular formula is C14H21Cl. The summed E-state index contributed by atoms with van der Waals surface area (Å²) < 4.78 is 0. The Morgan fingerprint density at radius 1 is 1.13 bits per heavy atom. The summed E-state index contributed by atoms with van der Waals surface area (Å²) in [6.07, 6.45) is 5.85. The molecule has 15 heavy (non-hydrogen) atoms. The van der Waals surface area contributed by atoms with Crippen molar-refractivity contribution in [2.45, 2.75) is 51.3 Å². The lowest BCUT2D eigenvalue weighted by Crippen LogP contribution is -1.98. The van der Waals surface area contributed by atoms with E-state index in [1.165, 1.54) is 24.0 Å². The summed E-state index contributed by atoms with van der Waals surface area (Å²) in [6, 6.07) is 8.80. The highest BCUT2D eigenvalue weighted by Crippen LogP contribution is 2.14. The van der Waals surface area contributed by atoms with Crippen molar-refractivity contribution >= 4 is 11.6 Å². The van der Waals surface area contributed by atoms with Crippen LogP contribution >= 0.6 is 11.6 Å². The second-order valence-electron chi connectivity index (χ2n) is 4.26. The Hall–Kier alpha value is -0.490. The fourth-order valence-electron chi connectivity index (χ4n) is 1.74. The van der Waals surface area contributed by atoms with E-state index in [0.29, 0.717) is 5.38 Å². The third kappa shape index (κ3) is 5.22. The average Bonchev–Trinajstić information content (AvgIpc) is 2.21. The molecule has 0 fully saturated rings. The maximum atomic E-state index is 6.17. The van der Waals surface area contributed by atoms with Gasteiger partial charge in [-0.3, -0.25) is 0 Å². The predicted octanol–water partition coefficient (Wildman–Crippen LogP) is 4.73. The van der Waals surface area contributed by atoms with E-state index in [1.54, 1.807) is 0 Å². The van der Waals surface area contributed by atoms with Crippen LogP contribution in [-0.4, -0.2) is 5.38 Å². The molecular weight excluding hydrogens is 204 g/mol. The Kier molecular flexibility index (Phi) is 5.78. The Labute approximate surface area is 98.7 Å². The van der Waals surface area contributed by atoms with Crippen LogP contribution in [0.25, 0.3) is 0 Å². The van der Waals surface area contributed by atoms with Crippen LogP contribution in [0.3, 0.4) is 0 Å². The van der Waals surface area contributed by atoms with Gasteiger partial charge >= 0.3 is 0 Å². The molecule has 0 nitrogen and oxygen atoms in total. The first-order valence-electron chi connectivity index (χ1n) is 5.92. The number of benzene rings is 1. The summed E-state index contributed by atoms with van der Waals surface area (Å²) in [4.78, 5) is 0. The summed E-state index contributed by atoms with van der Waals surface area (Å²) in [5, 5.41) is 0.375. The average molecular weight is 225 g/mol. The van der Waals surface area contributed by atoms with Crippen LogP contribution in [0, 0.1) is 6.92 Å². The van der Waals surface area contributed by atoms with E-state index >= 15 is 0 Å². The zero-order chi connectivity index (χ0) is 11.1. The molecule has 1 rings (SSSR count). The maximum Gasteiger partial charge on any atom is 0.0336 e. The van der Waals surface area contributed by atoms with Crippen molar-refractivity contribution in [3.63, 3.8) is 0 Å². The molecule has 0 saturated heterocycles. The van der Waals surface area contributed by atoms with Crippen molar-refractivity contribution in [3.05, 3.63) is 35.4 Å². The summed E-state index contributed by atoms with van der Waals surface area (Å²) in [5.41, 5.74) is 2.76. The van der Waals surface area contributed by atoms with Gasteiger partial charge in [0.15, 0.2) is 0 Å². The van der Waals surface area contributed by atoms with E-state index in [-0.39, 0.29) is 0 Å². The van der Waals surface area contributed by atoms with Crippen molar-refractivity contribution < 1.29 is 0 Å². The van der Waals surface area contributed by atoms with Crippen molar-refractivity contribution in [2.24, 2.45) is 0 Å². The van der Waals surface area contributed by atoms with Gasteiger partial charge in [-0.15, -0.1) is 11.6 Å². The first-order chi connectivity index (χ1) is 7.22. The van der Waals surface area contributed by atoms with Crippen LogP contribution in [-0.2, 0) is 6.42 Å². The highest BCUT2D eigenvalue weighted by atomic mass is 35.5. The standard InChI is InChI=1S/C14H21Cl/c1-3-5-14(15)7-4-6-13-10-8-12(2)9-11-13/h8-11,14H,3-7H2,1-2H3. The molecule has 1 heteroatoms. The Morgan fingerprint density at radius 3 is 2.40 bits per heavy atom. The van der Waals surface area contributed by atoms with Crippen molar-refractivity contribution in [2.75, 3.05) is 0 Å². The van der Waals surface area contributed by atoms with E-state index in [1.807, 2.05) is 0 Å². The topological polar surface area (TPSA) is 0 Å². The van der Waals surface area contributed by atoms with Crippen LogP contribution in [0.2, 0.25) is 0 Å². The molecule has 0 spiro atoms. The van der Waals surface area contributed by atoms with Crippen molar-refractivity contribution in [1.82, 2.24) is 0 Å². The highest BCUT2D eigenvalue weighted by molar-refractivity contribution is 6.20. The fraction of sp³-hybridized carbons (Fsp3) is 0.571. The minimum absolute atomic E-state index is 0.375. The number of hydrogen-bond acceptors (Lipinski definition) is 0. The number of aryl methyl sites for hydroxylation is 2. The van der Waals surface area contributed by atoms with Crippen molar-refractivity contribution in [1.29, 1.82) is 0 Å². The minimum atomic E-state index is 0.375. The second kappa shape index (κ2) is 6.90. The molecule has 0 N–H and O–H groups in total. The van der Waals surface area contributed by atoms with Gasteiger partial charge in [-0.2, -0.15) is 0 Å². The zero-order valence-corrected chi connectivity index (χ0v) is 10.6. The maximum absolute atomic E-state index is 6.17. The third-order valence-electron chi connectivity index (χ3n) is 2.71. The van der Waals surface area contributed by atoms with Crippen LogP contribution in [0.4, 0.5) is 0 Å². The normalized spacial score (nSPS) is 12.7. The van der Waals surface area contributed by atoms with Gasteiger partial charge in [0.05, 0.1) is 0 Å². The summed E-state index contributed by atoms with van der Waals surface area (Å²) >= 11 is 6.17. The molecule has 0 radical (unpaired) electrons. The minimum Gasteiger partial charge on any atom is -0.123 e. The largest absolute Gasteiger partial charge is 0.123 e. The summed E-state index contributed by atoms with van der Waals surface area (Å²) in [7, 11) is 0. The number of hydrogen-bond donors (Lipinski definition) is 0. The molecule has 0 aliphatic carbocycles. The molecule has 1 atom stereocenters. The SMILES string of the molecule is CCCC(Cl)CCCc1ccc(C)cc1. The number of halogens is 1. The van der Waals surface area contributed by atoms with Crippen LogP contribution in [0.5, 0.6) is 0 Å². The van der Waals surface area contributed by atoms with Gasteiger partial charge in [-0.25, -0.2) is 0 Å². The van der Waals surface area contributed by atoms with Gasteiger partial charge in [0.1, 0.15) is 0 Å². The van der Waals surface area contributed by atoms with Gasteiger partial charge in [-0.05, 0) is 38.2 Å². The molecule has 0 aliphatic heterocycles. The molecule has 84 valence electrons. The molecule has 0 amide bonds. The molecule has 0 aliphatic rings. The van der Waals surface area contributed by atoms with E-state index in [4.69, 9.17) is 11.6 Å². The Bertz CT molecular complexity index is 263. The Balaban J connectivity index is 2.22. The summed E-state index contributed by atoms with van der Waals surface area (Å²) in [5.74, 6) is 0. The van der Waals surface area contributed by atoms with Crippen LogP contribution in [0.1, 0.15) is 43.7 Å². The van der Waals surface area contributed by atoms with Crippen LogP contribution < -0.4 is 0 Å². The smallest absolute Gasteiger partial charge is 0.0336 e. The fourth-order valence-corrected chi connectivity index (χ4v) is 2.11. The van der Waals surface area contributed by atoms with Gasteiger partial charge in [-0.1, -0.05) is 43.2 Å². The zero-order valence-electron chi connectivity index (χ0n) is 9.80. The van der Waals surface area contributed by atoms with Gasteiger partial charge in [0.2, 0.25) is 0 Å². The molecule has 0 heterocycles. The van der Waals surface area contributed by atoms with Gasteiger partial charge in [0, 0.05) is 5.38 Å². The van der Waals surface area contributed by atoms with Gasteiger partial charge < -0.3 is 0 Å². The third-order valence-corrected chi connectivity index (χ3v) is 3.14. The molecule has 1 unspecified atom stereocenters. The number of rotatable bonds is 6. The molecule has 1 aromatic rings. The summed E-state index contributed by atoms with van der Waals surface area (Å²) in [6.45, 7) is 4.31. The monoisotopic (exact) mass is 224 g/mol. The second-order valence-corrected chi connectivity index (χ2v) is 4.88. The van der Waals surface area contributed by atoms with Crippen LogP contribution in [0.15, 0.2) is 24.3 Å².